The molecule has 0 spiro atoms. The number of nitrogens with one attached hydrogen (secondary N) is 1. The quantitative estimate of drug-likeness (QED) is 0.722. The van der Waals surface area contributed by atoms with Gasteiger partial charge in [0.15, 0.2) is 0 Å². The smallest absolute Gasteiger partial charge is 0.317 e. The molecule has 0 aromatic rings. The molecule has 1 saturated carbocycles. The summed E-state index contributed by atoms with van der Waals surface area (Å²) in [6.45, 7) is 3.41. The highest BCUT2D eigenvalue weighted by Crippen LogP contribution is 2.29. The predicted octanol–water partition coefficient (Wildman–Crippen LogP) is 1.08. The van der Waals surface area contributed by atoms with E-state index in [1.807, 2.05) is 0 Å². The van der Waals surface area contributed by atoms with E-state index in [1.54, 1.807) is 4.90 Å². The lowest BCUT2D eigenvalue weighted by Crippen LogP contribution is -2.42. The molecule has 2 rings (SSSR count). The maximum atomic E-state index is 11.4. The van der Waals surface area contributed by atoms with E-state index in [9.17, 15) is 4.79 Å². The number of amides is 2. The van der Waals surface area contributed by atoms with E-state index in [0.717, 1.165) is 25.9 Å². The number of ether oxygens (including phenoxy) is 1. The molecule has 0 aromatic carbocycles. The van der Waals surface area contributed by atoms with Crippen LogP contribution in [0.25, 0.3) is 0 Å². The van der Waals surface area contributed by atoms with E-state index in [2.05, 4.69) is 5.32 Å². The molecule has 5 heteroatoms. The highest BCUT2D eigenvalue weighted by Gasteiger charge is 2.30. The molecule has 2 fully saturated rings. The van der Waals surface area contributed by atoms with Gasteiger partial charge in [-0.05, 0) is 12.8 Å². The van der Waals surface area contributed by atoms with Gasteiger partial charge in [-0.25, -0.2) is 4.79 Å². The lowest BCUT2D eigenvalue weighted by Gasteiger charge is -2.32. The summed E-state index contributed by atoms with van der Waals surface area (Å²) in [6, 6.07) is 0.0289. The minimum absolute atomic E-state index is 0.0289. The predicted molar refractivity (Wildman–Crippen MR) is 70.4 cm³/mol. The summed E-state index contributed by atoms with van der Waals surface area (Å²) in [5.41, 5.74) is 5.78. The molecule has 3 N–H and O–H groups in total. The van der Waals surface area contributed by atoms with Crippen molar-refractivity contribution in [2.45, 2.75) is 44.1 Å². The summed E-state index contributed by atoms with van der Waals surface area (Å²) in [5, 5.41) is 2.80. The normalized spacial score (nSPS) is 23.8. The van der Waals surface area contributed by atoms with E-state index in [-0.39, 0.29) is 11.6 Å². The summed E-state index contributed by atoms with van der Waals surface area (Å²) in [4.78, 5) is 13.2. The molecule has 1 saturated heterocycles. The minimum Gasteiger partial charge on any atom is -0.372 e. The van der Waals surface area contributed by atoms with Gasteiger partial charge in [0.05, 0.1) is 12.2 Å². The van der Waals surface area contributed by atoms with Crippen LogP contribution < -0.4 is 11.1 Å². The average molecular weight is 255 g/mol. The molecule has 1 aliphatic carbocycles. The molecule has 18 heavy (non-hydrogen) atoms. The lowest BCUT2D eigenvalue weighted by atomic mass is 9.94. The zero-order chi connectivity index (χ0) is 12.8. The fraction of sp³-hybridized carbons (Fsp3) is 0.923. The van der Waals surface area contributed by atoms with Crippen molar-refractivity contribution in [2.24, 2.45) is 5.73 Å². The standard InChI is InChI=1S/C13H25N3O2/c14-11-13(5-3-1-2-4-6-13)18-10-9-16-8-7-15-12(16)17/h1-11,14H2,(H,15,17). The summed E-state index contributed by atoms with van der Waals surface area (Å²) in [7, 11) is 0. The van der Waals surface area contributed by atoms with Crippen LogP contribution in [0.4, 0.5) is 4.79 Å². The fourth-order valence-electron chi connectivity index (χ4n) is 2.88. The second-order valence-electron chi connectivity index (χ2n) is 5.37. The van der Waals surface area contributed by atoms with E-state index < -0.39 is 0 Å². The van der Waals surface area contributed by atoms with Crippen molar-refractivity contribution >= 4 is 6.03 Å². The van der Waals surface area contributed by atoms with Crippen molar-refractivity contribution in [3.63, 3.8) is 0 Å². The number of rotatable bonds is 5. The Kier molecular flexibility index (Phi) is 4.83. The average Bonchev–Trinajstić information content (AvgIpc) is 2.66. The van der Waals surface area contributed by atoms with Crippen molar-refractivity contribution in [1.29, 1.82) is 0 Å². The number of nitrogens with two attached hydrogens (primary N) is 1. The number of hydrogen-bond acceptors (Lipinski definition) is 3. The van der Waals surface area contributed by atoms with Gasteiger partial charge in [-0.1, -0.05) is 25.7 Å². The van der Waals surface area contributed by atoms with Gasteiger partial charge in [0.25, 0.3) is 0 Å². The van der Waals surface area contributed by atoms with Gasteiger partial charge in [0.2, 0.25) is 0 Å². The Morgan fingerprint density at radius 1 is 1.28 bits per heavy atom. The van der Waals surface area contributed by atoms with Crippen LogP contribution in [-0.4, -0.2) is 49.3 Å². The van der Waals surface area contributed by atoms with Gasteiger partial charge in [-0.3, -0.25) is 0 Å². The Morgan fingerprint density at radius 2 is 2.00 bits per heavy atom. The number of carbonyl (C=O) groups excluding carboxylic acids is 1. The third kappa shape index (κ3) is 3.36. The summed E-state index contributed by atoms with van der Waals surface area (Å²) in [5.74, 6) is 0. The summed E-state index contributed by atoms with van der Waals surface area (Å²) >= 11 is 0. The molecule has 104 valence electrons. The van der Waals surface area contributed by atoms with Crippen LogP contribution in [0.3, 0.4) is 0 Å². The molecule has 2 aliphatic rings. The molecule has 0 aromatic heterocycles. The maximum Gasteiger partial charge on any atom is 0.317 e. The molecule has 0 atom stereocenters. The van der Waals surface area contributed by atoms with Crippen molar-refractivity contribution in [3.8, 4) is 0 Å². The van der Waals surface area contributed by atoms with Crippen LogP contribution in [-0.2, 0) is 4.74 Å². The van der Waals surface area contributed by atoms with Crippen LogP contribution in [0, 0.1) is 0 Å². The number of hydrogen-bond donors (Lipinski definition) is 2. The van der Waals surface area contributed by atoms with Crippen LogP contribution in [0.1, 0.15) is 38.5 Å². The Hall–Kier alpha value is -0.810. The largest absolute Gasteiger partial charge is 0.372 e. The Morgan fingerprint density at radius 3 is 2.56 bits per heavy atom. The summed E-state index contributed by atoms with van der Waals surface area (Å²) in [6.07, 6.45) is 7.13. The van der Waals surface area contributed by atoms with Gasteiger partial charge in [-0.15, -0.1) is 0 Å². The first-order valence-electron chi connectivity index (χ1n) is 7.13. The van der Waals surface area contributed by atoms with Crippen molar-refractivity contribution < 1.29 is 9.53 Å². The summed E-state index contributed by atoms with van der Waals surface area (Å²) < 4.78 is 6.06. The number of nitrogens with zero attached hydrogens (tertiary/aromatic N) is 1. The number of urea groups is 1. The fourth-order valence-corrected chi connectivity index (χ4v) is 2.88. The lowest BCUT2D eigenvalue weighted by molar-refractivity contribution is -0.0526. The third-order valence-corrected chi connectivity index (χ3v) is 4.10. The second-order valence-corrected chi connectivity index (χ2v) is 5.37. The van der Waals surface area contributed by atoms with Crippen LogP contribution in [0.2, 0.25) is 0 Å². The van der Waals surface area contributed by atoms with Crippen molar-refractivity contribution in [3.05, 3.63) is 0 Å². The molecular formula is C13H25N3O2. The first-order valence-corrected chi connectivity index (χ1v) is 7.13. The van der Waals surface area contributed by atoms with E-state index in [0.29, 0.717) is 19.7 Å². The van der Waals surface area contributed by atoms with Crippen LogP contribution in [0.5, 0.6) is 0 Å². The maximum absolute atomic E-state index is 11.4. The minimum atomic E-state index is -0.132. The van der Waals surface area contributed by atoms with Gasteiger partial charge in [0, 0.05) is 26.2 Å². The Balaban J connectivity index is 1.77. The highest BCUT2D eigenvalue weighted by atomic mass is 16.5. The highest BCUT2D eigenvalue weighted by molar-refractivity contribution is 5.76. The van der Waals surface area contributed by atoms with E-state index in [4.69, 9.17) is 10.5 Å². The monoisotopic (exact) mass is 255 g/mol. The van der Waals surface area contributed by atoms with E-state index in [1.165, 1.54) is 25.7 Å². The van der Waals surface area contributed by atoms with E-state index >= 15 is 0 Å². The molecule has 5 nitrogen and oxygen atoms in total. The van der Waals surface area contributed by atoms with Gasteiger partial charge in [0.1, 0.15) is 0 Å². The third-order valence-electron chi connectivity index (χ3n) is 4.10. The molecule has 0 unspecified atom stereocenters. The van der Waals surface area contributed by atoms with Gasteiger partial charge in [-0.2, -0.15) is 0 Å². The Bertz CT molecular complexity index is 275. The van der Waals surface area contributed by atoms with Crippen molar-refractivity contribution in [2.75, 3.05) is 32.8 Å². The molecule has 1 heterocycles. The Labute approximate surface area is 109 Å². The molecular weight excluding hydrogens is 230 g/mol. The van der Waals surface area contributed by atoms with Gasteiger partial charge < -0.3 is 20.7 Å². The topological polar surface area (TPSA) is 67.6 Å². The van der Waals surface area contributed by atoms with Crippen molar-refractivity contribution in [1.82, 2.24) is 10.2 Å². The molecule has 0 bridgehead atoms. The number of carbonyl (C=O) groups is 1. The zero-order valence-corrected chi connectivity index (χ0v) is 11.1. The van der Waals surface area contributed by atoms with Gasteiger partial charge >= 0.3 is 6.03 Å². The SMILES string of the molecule is NCC1(OCCN2CCNC2=O)CCCCCC1. The first-order chi connectivity index (χ1) is 8.76. The molecule has 0 radical (unpaired) electrons. The van der Waals surface area contributed by atoms with Crippen LogP contribution in [0.15, 0.2) is 0 Å². The molecule has 2 amide bonds. The van der Waals surface area contributed by atoms with Crippen LogP contribution >= 0.6 is 0 Å². The molecule has 1 aliphatic heterocycles. The zero-order valence-electron chi connectivity index (χ0n) is 11.1. The first kappa shape index (κ1) is 13.6. The second kappa shape index (κ2) is 6.38.